The Morgan fingerprint density at radius 1 is 0.696 bits per heavy atom. The predicted octanol–water partition coefficient (Wildman–Crippen LogP) is 6.17. The lowest BCUT2D eigenvalue weighted by Crippen LogP contribution is -1.92. The molecular formula is C20H31FO2. The normalized spacial score (nSPS) is 12.4. The molecule has 0 heterocycles. The Morgan fingerprint density at radius 3 is 1.65 bits per heavy atom. The standard InChI is InChI=1S/C20H31FO2/c21-19-17-15-13-11-9-7-5-3-1-2-4-6-8-10-12-14-16-18-20(22)23/h1,3-4,6-7,9-10,12H,2,5,8,11,13-19H2,(H,22,23)/b3-1-,6-4-,9-7-,12-10-/i21-1. The van der Waals surface area contributed by atoms with E-state index in [9.17, 15) is 9.18 Å². The van der Waals surface area contributed by atoms with Crippen LogP contribution in [0.2, 0.25) is 0 Å². The number of halogens is 1. The number of carboxylic acid groups (broad SMARTS) is 1. The van der Waals surface area contributed by atoms with Gasteiger partial charge in [0.15, 0.2) is 0 Å². The molecule has 0 amide bonds. The summed E-state index contributed by atoms with van der Waals surface area (Å²) in [6, 6.07) is 0. The molecule has 0 aliphatic heterocycles. The van der Waals surface area contributed by atoms with E-state index in [0.717, 1.165) is 44.9 Å². The molecule has 0 fully saturated rings. The highest BCUT2D eigenvalue weighted by Crippen LogP contribution is 2.02. The van der Waals surface area contributed by atoms with E-state index in [1.807, 2.05) is 6.08 Å². The molecule has 0 saturated heterocycles. The van der Waals surface area contributed by atoms with Crippen molar-refractivity contribution in [1.82, 2.24) is 0 Å². The van der Waals surface area contributed by atoms with Crippen molar-refractivity contribution < 1.29 is 14.3 Å². The number of rotatable bonds is 15. The lowest BCUT2D eigenvalue weighted by Gasteiger charge is -1.92. The van der Waals surface area contributed by atoms with E-state index >= 15 is 0 Å². The fourth-order valence-electron chi connectivity index (χ4n) is 1.95. The van der Waals surface area contributed by atoms with Gasteiger partial charge in [-0.25, -0.2) is 0 Å². The Hall–Kier alpha value is -1.64. The number of aliphatic carboxylic acids is 1. The average Bonchev–Trinajstić information content (AvgIpc) is 2.53. The van der Waals surface area contributed by atoms with Crippen LogP contribution in [0.4, 0.5) is 4.39 Å². The number of hydrogen-bond acceptors (Lipinski definition) is 1. The molecule has 0 aliphatic carbocycles. The van der Waals surface area contributed by atoms with Crippen molar-refractivity contribution in [1.29, 1.82) is 0 Å². The van der Waals surface area contributed by atoms with Crippen molar-refractivity contribution in [2.24, 2.45) is 0 Å². The second kappa shape index (κ2) is 18.4. The second-order valence-electron chi connectivity index (χ2n) is 5.42. The highest BCUT2D eigenvalue weighted by atomic mass is 18.2. The topological polar surface area (TPSA) is 37.3 Å². The SMILES string of the molecule is O=C(O)CCC/C=C\C/C=C\C/C=C\C/C=C\CCCCC[18F]. The van der Waals surface area contributed by atoms with Crippen LogP contribution in [0.15, 0.2) is 48.6 Å². The van der Waals surface area contributed by atoms with Crippen LogP contribution in [-0.2, 0) is 4.79 Å². The van der Waals surface area contributed by atoms with Crippen molar-refractivity contribution in [3.8, 4) is 0 Å². The molecule has 1 N–H and O–H groups in total. The zero-order valence-corrected chi connectivity index (χ0v) is 14.1. The van der Waals surface area contributed by atoms with Gasteiger partial charge in [-0.1, -0.05) is 55.0 Å². The third-order valence-electron chi connectivity index (χ3n) is 3.25. The summed E-state index contributed by atoms with van der Waals surface area (Å²) in [7, 11) is 0. The van der Waals surface area contributed by atoms with E-state index in [4.69, 9.17) is 5.11 Å². The first kappa shape index (κ1) is 21.4. The largest absolute Gasteiger partial charge is 0.481 e. The molecule has 2 nitrogen and oxygen atoms in total. The van der Waals surface area contributed by atoms with Gasteiger partial charge in [0.2, 0.25) is 0 Å². The van der Waals surface area contributed by atoms with Gasteiger partial charge in [0, 0.05) is 6.42 Å². The van der Waals surface area contributed by atoms with Gasteiger partial charge in [-0.2, -0.15) is 0 Å². The Bertz CT molecular complexity index is 381. The quantitative estimate of drug-likeness (QED) is 0.289. The lowest BCUT2D eigenvalue weighted by molar-refractivity contribution is -0.137. The molecule has 0 spiro atoms. The van der Waals surface area contributed by atoms with Crippen molar-refractivity contribution in [2.75, 3.05) is 6.67 Å². The van der Waals surface area contributed by atoms with Crippen LogP contribution in [0.1, 0.15) is 64.2 Å². The number of carbonyl (C=O) groups is 1. The third-order valence-corrected chi connectivity index (χ3v) is 3.25. The van der Waals surface area contributed by atoms with Crippen LogP contribution in [0.25, 0.3) is 0 Å². The molecule has 3 heteroatoms. The van der Waals surface area contributed by atoms with Gasteiger partial charge in [-0.05, 0) is 51.4 Å². The zero-order chi connectivity index (χ0) is 17.0. The Morgan fingerprint density at radius 2 is 1.17 bits per heavy atom. The lowest BCUT2D eigenvalue weighted by atomic mass is 10.2. The van der Waals surface area contributed by atoms with Gasteiger partial charge in [0.25, 0.3) is 0 Å². The van der Waals surface area contributed by atoms with E-state index in [2.05, 4.69) is 42.5 Å². The van der Waals surface area contributed by atoms with Crippen molar-refractivity contribution in [3.63, 3.8) is 0 Å². The van der Waals surface area contributed by atoms with Gasteiger partial charge in [-0.15, -0.1) is 0 Å². The summed E-state index contributed by atoms with van der Waals surface area (Å²) < 4.78 is 11.9. The van der Waals surface area contributed by atoms with E-state index in [1.54, 1.807) is 0 Å². The molecule has 0 bridgehead atoms. The van der Waals surface area contributed by atoms with Gasteiger partial charge in [0.1, 0.15) is 0 Å². The van der Waals surface area contributed by atoms with E-state index in [-0.39, 0.29) is 13.1 Å². The maximum atomic E-state index is 11.9. The summed E-state index contributed by atoms with van der Waals surface area (Å²) in [6.07, 6.45) is 25.4. The van der Waals surface area contributed by atoms with Crippen LogP contribution in [0.3, 0.4) is 0 Å². The summed E-state index contributed by atoms with van der Waals surface area (Å²) in [5, 5.41) is 8.49. The summed E-state index contributed by atoms with van der Waals surface area (Å²) in [5.74, 6) is -0.725. The molecule has 23 heavy (non-hydrogen) atoms. The molecule has 0 saturated carbocycles. The Balaban J connectivity index is 3.39. The number of alkyl halides is 1. The van der Waals surface area contributed by atoms with Crippen LogP contribution in [0.5, 0.6) is 0 Å². The van der Waals surface area contributed by atoms with Gasteiger partial charge in [-0.3, -0.25) is 9.18 Å². The van der Waals surface area contributed by atoms with E-state index in [1.165, 1.54) is 0 Å². The molecule has 0 aliphatic rings. The number of allylic oxidation sites excluding steroid dienone is 8. The molecule has 0 radical (unpaired) electrons. The maximum absolute atomic E-state index is 11.9. The minimum Gasteiger partial charge on any atom is -0.481 e. The minimum atomic E-state index is -0.725. The third kappa shape index (κ3) is 20.4. The highest BCUT2D eigenvalue weighted by Gasteiger charge is 1.92. The first-order valence-corrected chi connectivity index (χ1v) is 8.65. The molecule has 0 atom stereocenters. The zero-order valence-electron chi connectivity index (χ0n) is 14.1. The minimum absolute atomic E-state index is 0.194. The van der Waals surface area contributed by atoms with E-state index < -0.39 is 5.97 Å². The van der Waals surface area contributed by atoms with Crippen molar-refractivity contribution in [3.05, 3.63) is 48.6 Å². The van der Waals surface area contributed by atoms with Crippen LogP contribution < -0.4 is 0 Å². The summed E-state index contributed by atoms with van der Waals surface area (Å²) in [4.78, 5) is 10.3. The molecule has 0 aromatic carbocycles. The molecule has 0 aromatic rings. The average molecular weight is 321 g/mol. The predicted molar refractivity (Wildman–Crippen MR) is 96.3 cm³/mol. The summed E-state index contributed by atoms with van der Waals surface area (Å²) >= 11 is 0. The smallest absolute Gasteiger partial charge is 0.303 e. The van der Waals surface area contributed by atoms with Crippen LogP contribution in [-0.4, -0.2) is 17.8 Å². The van der Waals surface area contributed by atoms with Gasteiger partial charge < -0.3 is 5.11 Å². The number of unbranched alkanes of at least 4 members (excludes halogenated alkanes) is 4. The molecule has 0 unspecified atom stereocenters. The molecule has 0 aromatic heterocycles. The highest BCUT2D eigenvalue weighted by molar-refractivity contribution is 5.66. The first-order chi connectivity index (χ1) is 11.3. The van der Waals surface area contributed by atoms with E-state index in [0.29, 0.717) is 12.8 Å². The fourth-order valence-corrected chi connectivity index (χ4v) is 1.95. The van der Waals surface area contributed by atoms with Crippen LogP contribution >= 0.6 is 0 Å². The number of hydrogen-bond donors (Lipinski definition) is 1. The Kier molecular flexibility index (Phi) is 17.1. The molecular weight excluding hydrogens is 290 g/mol. The van der Waals surface area contributed by atoms with Gasteiger partial charge >= 0.3 is 5.97 Å². The first-order valence-electron chi connectivity index (χ1n) is 8.65. The molecule has 0 rings (SSSR count). The monoisotopic (exact) mass is 321 g/mol. The van der Waals surface area contributed by atoms with Crippen LogP contribution in [0, 0.1) is 0 Å². The summed E-state index contributed by atoms with van der Waals surface area (Å²) in [5.41, 5.74) is 0. The van der Waals surface area contributed by atoms with Crippen molar-refractivity contribution >= 4 is 5.97 Å². The van der Waals surface area contributed by atoms with Crippen molar-refractivity contribution in [2.45, 2.75) is 64.2 Å². The summed E-state index contributed by atoms with van der Waals surface area (Å²) in [6.45, 7) is -0.194. The second-order valence-corrected chi connectivity index (χ2v) is 5.42. The fraction of sp³-hybridized carbons (Fsp3) is 0.550. The maximum Gasteiger partial charge on any atom is 0.303 e. The van der Waals surface area contributed by atoms with Gasteiger partial charge in [0.05, 0.1) is 6.67 Å². The Labute approximate surface area is 140 Å². The number of carboxylic acids is 1. The molecule has 130 valence electrons.